The van der Waals surface area contributed by atoms with Crippen molar-refractivity contribution in [3.8, 4) is 0 Å². The molecule has 0 unspecified atom stereocenters. The Bertz CT molecular complexity index is 650. The van der Waals surface area contributed by atoms with Crippen LogP contribution in [0.15, 0.2) is 18.2 Å². The van der Waals surface area contributed by atoms with E-state index in [1.165, 1.54) is 0 Å². The number of hydrogen-bond acceptors (Lipinski definition) is 1. The molecule has 0 heterocycles. The zero-order valence-electron chi connectivity index (χ0n) is 10.1. The molecule has 0 amide bonds. The Balaban J connectivity index is 2.37. The summed E-state index contributed by atoms with van der Waals surface area (Å²) in [6.07, 6.45) is 0. The Morgan fingerprint density at radius 1 is 0.667 bits per heavy atom. The predicted octanol–water partition coefficient (Wildman–Crippen LogP) is 4.27. The Labute approximate surface area is 114 Å². The minimum atomic E-state index is -2.31. The van der Waals surface area contributed by atoms with Crippen LogP contribution in [-0.2, 0) is 6.54 Å². The molecule has 2 rings (SSSR count). The molecule has 1 nitrogen and oxygen atoms in total. The summed E-state index contributed by atoms with van der Waals surface area (Å²) in [7, 11) is 0. The van der Waals surface area contributed by atoms with Crippen molar-refractivity contribution in [3.63, 3.8) is 0 Å². The molecule has 8 heteroatoms. The molecule has 21 heavy (non-hydrogen) atoms. The van der Waals surface area contributed by atoms with Crippen molar-refractivity contribution in [2.24, 2.45) is 0 Å². The number of halogens is 7. The summed E-state index contributed by atoms with van der Waals surface area (Å²) in [4.78, 5) is 0. The van der Waals surface area contributed by atoms with Gasteiger partial charge >= 0.3 is 0 Å². The van der Waals surface area contributed by atoms with Gasteiger partial charge in [-0.25, -0.2) is 30.7 Å². The average Bonchev–Trinajstić information content (AvgIpc) is 2.45. The SMILES string of the molecule is Fc1cccc(F)c1CNc1c(F)c(F)c(F)c(F)c1F. The Morgan fingerprint density at radius 2 is 1.10 bits per heavy atom. The van der Waals surface area contributed by atoms with E-state index in [-0.39, 0.29) is 0 Å². The fourth-order valence-electron chi connectivity index (χ4n) is 1.64. The number of hydrogen-bond donors (Lipinski definition) is 1. The van der Waals surface area contributed by atoms with Crippen molar-refractivity contribution in [1.82, 2.24) is 0 Å². The van der Waals surface area contributed by atoms with Crippen LogP contribution in [0, 0.1) is 40.7 Å². The molecule has 0 bridgehead atoms. The van der Waals surface area contributed by atoms with Crippen LogP contribution in [0.25, 0.3) is 0 Å². The maximum Gasteiger partial charge on any atom is 0.200 e. The van der Waals surface area contributed by atoms with E-state index in [2.05, 4.69) is 0 Å². The van der Waals surface area contributed by atoms with Gasteiger partial charge in [-0.1, -0.05) is 6.07 Å². The fraction of sp³-hybridized carbons (Fsp3) is 0.0769. The van der Waals surface area contributed by atoms with Gasteiger partial charge < -0.3 is 5.32 Å². The first-order valence-electron chi connectivity index (χ1n) is 5.52. The molecule has 0 saturated carbocycles. The van der Waals surface area contributed by atoms with E-state index in [4.69, 9.17) is 0 Å². The van der Waals surface area contributed by atoms with Gasteiger partial charge in [-0.2, -0.15) is 0 Å². The summed E-state index contributed by atoms with van der Waals surface area (Å²) in [5.74, 6) is -12.9. The number of benzene rings is 2. The first-order valence-corrected chi connectivity index (χ1v) is 5.52. The molecular weight excluding hydrogens is 303 g/mol. The number of rotatable bonds is 3. The van der Waals surface area contributed by atoms with Crippen LogP contribution in [0.1, 0.15) is 5.56 Å². The highest BCUT2D eigenvalue weighted by Crippen LogP contribution is 2.27. The summed E-state index contributed by atoms with van der Waals surface area (Å²) in [6.45, 7) is -0.795. The minimum absolute atomic E-state index is 0.596. The molecular formula is C13H6F7N. The maximum atomic E-state index is 13.3. The van der Waals surface area contributed by atoms with Gasteiger partial charge in [0.15, 0.2) is 23.3 Å². The van der Waals surface area contributed by atoms with Gasteiger partial charge in [0.2, 0.25) is 5.82 Å². The van der Waals surface area contributed by atoms with Gasteiger partial charge in [0.25, 0.3) is 0 Å². The van der Waals surface area contributed by atoms with E-state index in [1.807, 2.05) is 5.32 Å². The van der Waals surface area contributed by atoms with E-state index in [0.29, 0.717) is 0 Å². The topological polar surface area (TPSA) is 12.0 Å². The van der Waals surface area contributed by atoms with Gasteiger partial charge in [-0.15, -0.1) is 0 Å². The smallest absolute Gasteiger partial charge is 0.200 e. The highest BCUT2D eigenvalue weighted by Gasteiger charge is 2.25. The molecule has 0 saturated heterocycles. The third-order valence-corrected chi connectivity index (χ3v) is 2.71. The molecule has 0 fully saturated rings. The van der Waals surface area contributed by atoms with Crippen molar-refractivity contribution in [3.05, 3.63) is 64.5 Å². The second-order valence-electron chi connectivity index (χ2n) is 4.00. The summed E-state index contributed by atoms with van der Waals surface area (Å²) in [5, 5.41) is 1.81. The van der Waals surface area contributed by atoms with E-state index < -0.39 is 58.5 Å². The van der Waals surface area contributed by atoms with Crippen molar-refractivity contribution in [2.75, 3.05) is 5.32 Å². The van der Waals surface area contributed by atoms with E-state index in [1.54, 1.807) is 0 Å². The van der Waals surface area contributed by atoms with Gasteiger partial charge in [-0.05, 0) is 12.1 Å². The largest absolute Gasteiger partial charge is 0.376 e. The van der Waals surface area contributed by atoms with Crippen LogP contribution in [-0.4, -0.2) is 0 Å². The zero-order chi connectivity index (χ0) is 15.7. The summed E-state index contributed by atoms with van der Waals surface area (Å²) in [6, 6.07) is 2.84. The third-order valence-electron chi connectivity index (χ3n) is 2.71. The molecule has 112 valence electrons. The Hall–Kier alpha value is -2.25. The molecule has 0 aliphatic carbocycles. The van der Waals surface area contributed by atoms with Gasteiger partial charge in [-0.3, -0.25) is 0 Å². The molecule has 0 aliphatic heterocycles. The number of nitrogens with one attached hydrogen (secondary N) is 1. The van der Waals surface area contributed by atoms with E-state index in [9.17, 15) is 30.7 Å². The highest BCUT2D eigenvalue weighted by atomic mass is 19.2. The summed E-state index contributed by atoms with van der Waals surface area (Å²) >= 11 is 0. The lowest BCUT2D eigenvalue weighted by Gasteiger charge is -2.11. The molecule has 0 radical (unpaired) electrons. The van der Waals surface area contributed by atoms with E-state index >= 15 is 0 Å². The van der Waals surface area contributed by atoms with Gasteiger partial charge in [0.1, 0.15) is 17.3 Å². The minimum Gasteiger partial charge on any atom is -0.376 e. The van der Waals surface area contributed by atoms with Crippen LogP contribution in [0.4, 0.5) is 36.4 Å². The van der Waals surface area contributed by atoms with Crippen molar-refractivity contribution in [2.45, 2.75) is 6.54 Å². The maximum absolute atomic E-state index is 13.3. The number of anilines is 1. The van der Waals surface area contributed by atoms with Crippen LogP contribution in [0.2, 0.25) is 0 Å². The Kier molecular flexibility index (Phi) is 4.06. The molecule has 1 N–H and O–H groups in total. The first kappa shape index (κ1) is 15.1. The summed E-state index contributed by atoms with van der Waals surface area (Å²) < 4.78 is 92.0. The zero-order valence-corrected chi connectivity index (χ0v) is 10.1. The highest BCUT2D eigenvalue weighted by molar-refractivity contribution is 5.48. The van der Waals surface area contributed by atoms with Crippen LogP contribution in [0.5, 0.6) is 0 Å². The third kappa shape index (κ3) is 2.65. The summed E-state index contributed by atoms with van der Waals surface area (Å²) in [5.41, 5.74) is -1.95. The lowest BCUT2D eigenvalue weighted by molar-refractivity contribution is 0.381. The normalized spacial score (nSPS) is 10.8. The van der Waals surface area contributed by atoms with Crippen LogP contribution >= 0.6 is 0 Å². The van der Waals surface area contributed by atoms with E-state index in [0.717, 1.165) is 18.2 Å². The van der Waals surface area contributed by atoms with Crippen LogP contribution < -0.4 is 5.32 Å². The Morgan fingerprint density at radius 3 is 1.57 bits per heavy atom. The molecule has 2 aromatic rings. The second kappa shape index (κ2) is 5.63. The van der Waals surface area contributed by atoms with Crippen molar-refractivity contribution < 1.29 is 30.7 Å². The van der Waals surface area contributed by atoms with Crippen LogP contribution in [0.3, 0.4) is 0 Å². The van der Waals surface area contributed by atoms with Gasteiger partial charge in [0, 0.05) is 12.1 Å². The monoisotopic (exact) mass is 309 g/mol. The first-order chi connectivity index (χ1) is 9.84. The van der Waals surface area contributed by atoms with Crippen molar-refractivity contribution in [1.29, 1.82) is 0 Å². The molecule has 0 spiro atoms. The molecule has 0 atom stereocenters. The lowest BCUT2D eigenvalue weighted by Crippen LogP contribution is -2.11. The molecule has 0 aliphatic rings. The quantitative estimate of drug-likeness (QED) is 0.507. The average molecular weight is 309 g/mol. The fourth-order valence-corrected chi connectivity index (χ4v) is 1.64. The second-order valence-corrected chi connectivity index (χ2v) is 4.00. The standard InChI is InChI=1S/C13H6F7N/c14-6-2-1-3-7(15)5(6)4-21-13-11(19)9(17)8(16)10(18)12(13)20/h1-3,21H,4H2. The van der Waals surface area contributed by atoms with Gasteiger partial charge in [0.05, 0.1) is 0 Å². The predicted molar refractivity (Wildman–Crippen MR) is 59.9 cm³/mol. The lowest BCUT2D eigenvalue weighted by atomic mass is 10.2. The molecule has 0 aromatic heterocycles. The van der Waals surface area contributed by atoms with Crippen molar-refractivity contribution >= 4 is 5.69 Å². The molecule has 2 aromatic carbocycles.